The molecule has 4 rings (SSSR count). The molecule has 0 saturated heterocycles. The highest BCUT2D eigenvalue weighted by atomic mass is 35.5. The Labute approximate surface area is 204 Å². The molecule has 4 N–H and O–H groups in total. The SMILES string of the molecule is CC1(CNC(=O)c2ncc(NC(=O)c3cc(F)c(-c4ccc(F)cc4N)cc3Cl)cc2Cl)CC1. The van der Waals surface area contributed by atoms with Crippen molar-refractivity contribution in [1.29, 1.82) is 0 Å². The molecule has 1 saturated carbocycles. The van der Waals surface area contributed by atoms with Gasteiger partial charge in [0.1, 0.15) is 17.3 Å². The first kappa shape index (κ1) is 23.9. The van der Waals surface area contributed by atoms with Crippen LogP contribution in [-0.4, -0.2) is 23.3 Å². The van der Waals surface area contributed by atoms with Gasteiger partial charge >= 0.3 is 0 Å². The Hall–Kier alpha value is -3.23. The molecule has 0 aliphatic heterocycles. The van der Waals surface area contributed by atoms with Gasteiger partial charge in [-0.25, -0.2) is 13.8 Å². The predicted molar refractivity (Wildman–Crippen MR) is 128 cm³/mol. The average Bonchev–Trinajstić information content (AvgIpc) is 3.51. The molecule has 1 heterocycles. The van der Waals surface area contributed by atoms with Crippen molar-refractivity contribution in [2.75, 3.05) is 17.6 Å². The molecule has 0 radical (unpaired) electrons. The minimum absolute atomic E-state index is 0.0270. The zero-order valence-electron chi connectivity index (χ0n) is 18.0. The van der Waals surface area contributed by atoms with Crippen LogP contribution in [0, 0.1) is 17.0 Å². The maximum atomic E-state index is 14.8. The molecule has 1 aliphatic carbocycles. The Balaban J connectivity index is 1.50. The van der Waals surface area contributed by atoms with Gasteiger partial charge < -0.3 is 16.4 Å². The zero-order valence-corrected chi connectivity index (χ0v) is 19.5. The molecule has 2 amide bonds. The third kappa shape index (κ3) is 5.13. The van der Waals surface area contributed by atoms with E-state index in [-0.39, 0.29) is 49.2 Å². The van der Waals surface area contributed by atoms with E-state index in [9.17, 15) is 18.4 Å². The minimum atomic E-state index is -0.764. The van der Waals surface area contributed by atoms with Crippen molar-refractivity contribution in [3.8, 4) is 11.1 Å². The molecule has 0 bridgehead atoms. The van der Waals surface area contributed by atoms with E-state index in [0.29, 0.717) is 6.54 Å². The largest absolute Gasteiger partial charge is 0.398 e. The van der Waals surface area contributed by atoms with E-state index in [1.54, 1.807) is 0 Å². The summed E-state index contributed by atoms with van der Waals surface area (Å²) < 4.78 is 28.1. The molecular formula is C24H20Cl2F2N4O2. The Morgan fingerprint density at radius 2 is 1.79 bits per heavy atom. The van der Waals surface area contributed by atoms with Crippen LogP contribution >= 0.6 is 23.2 Å². The summed E-state index contributed by atoms with van der Waals surface area (Å²) in [4.78, 5) is 29.1. The molecule has 176 valence electrons. The molecule has 1 aromatic heterocycles. The number of pyridine rings is 1. The number of halogens is 4. The van der Waals surface area contributed by atoms with E-state index in [0.717, 1.165) is 31.0 Å². The summed E-state index contributed by atoms with van der Waals surface area (Å²) in [6, 6.07) is 7.12. The monoisotopic (exact) mass is 504 g/mol. The number of anilines is 2. The first-order valence-corrected chi connectivity index (χ1v) is 11.1. The standard InChI is InChI=1S/C24H20Cl2F2N4O2/c1-24(4-5-24)11-31-23(34)21-18(26)7-13(10-30-21)32-22(33)16-9-19(28)15(8-17(16)25)14-3-2-12(27)6-20(14)29/h2-3,6-10H,4-5,11,29H2,1H3,(H,31,34)(H,32,33). The predicted octanol–water partition coefficient (Wildman–Crippen LogP) is 5.70. The van der Waals surface area contributed by atoms with Crippen molar-refractivity contribution in [3.05, 3.63) is 75.5 Å². The molecule has 3 aromatic rings. The fourth-order valence-electron chi connectivity index (χ4n) is 3.35. The molecule has 0 atom stereocenters. The van der Waals surface area contributed by atoms with Crippen molar-refractivity contribution in [2.45, 2.75) is 19.8 Å². The van der Waals surface area contributed by atoms with Crippen LogP contribution in [0.2, 0.25) is 10.0 Å². The number of hydrogen-bond acceptors (Lipinski definition) is 4. The lowest BCUT2D eigenvalue weighted by Gasteiger charge is -2.13. The maximum Gasteiger partial charge on any atom is 0.271 e. The van der Waals surface area contributed by atoms with Crippen LogP contribution in [-0.2, 0) is 0 Å². The molecule has 10 heteroatoms. The lowest BCUT2D eigenvalue weighted by molar-refractivity contribution is 0.0941. The number of benzene rings is 2. The molecular weight excluding hydrogens is 485 g/mol. The van der Waals surface area contributed by atoms with Crippen LogP contribution in [0.1, 0.15) is 40.6 Å². The van der Waals surface area contributed by atoms with Gasteiger partial charge in [-0.15, -0.1) is 0 Å². The van der Waals surface area contributed by atoms with Gasteiger partial charge in [-0.05, 0) is 54.7 Å². The van der Waals surface area contributed by atoms with Crippen molar-refractivity contribution < 1.29 is 18.4 Å². The van der Waals surface area contributed by atoms with E-state index < -0.39 is 23.4 Å². The van der Waals surface area contributed by atoms with Crippen LogP contribution in [0.15, 0.2) is 42.6 Å². The van der Waals surface area contributed by atoms with Crippen LogP contribution in [0.3, 0.4) is 0 Å². The minimum Gasteiger partial charge on any atom is -0.398 e. The second-order valence-corrected chi connectivity index (χ2v) is 9.36. The van der Waals surface area contributed by atoms with Crippen molar-refractivity contribution in [1.82, 2.24) is 10.3 Å². The number of nitrogens with one attached hydrogen (secondary N) is 2. The summed E-state index contributed by atoms with van der Waals surface area (Å²) in [5.74, 6) is -2.44. The number of carbonyl (C=O) groups excluding carboxylic acids is 2. The number of aromatic nitrogens is 1. The number of hydrogen-bond donors (Lipinski definition) is 3. The Kier molecular flexibility index (Phi) is 6.47. The van der Waals surface area contributed by atoms with Gasteiger partial charge in [0.25, 0.3) is 11.8 Å². The van der Waals surface area contributed by atoms with Crippen molar-refractivity contribution in [3.63, 3.8) is 0 Å². The summed E-state index contributed by atoms with van der Waals surface area (Å²) in [6.45, 7) is 2.61. The second kappa shape index (κ2) is 9.19. The van der Waals surface area contributed by atoms with Crippen LogP contribution in [0.25, 0.3) is 11.1 Å². The van der Waals surface area contributed by atoms with E-state index in [1.807, 2.05) is 0 Å². The first-order valence-electron chi connectivity index (χ1n) is 10.4. The van der Waals surface area contributed by atoms with Gasteiger partial charge in [0.05, 0.1) is 27.5 Å². The lowest BCUT2D eigenvalue weighted by atomic mass is 10.0. The fourth-order valence-corrected chi connectivity index (χ4v) is 3.85. The number of nitrogen functional groups attached to an aromatic ring is 1. The molecule has 1 aliphatic rings. The number of nitrogens with two attached hydrogens (primary N) is 1. The molecule has 34 heavy (non-hydrogen) atoms. The molecule has 2 aromatic carbocycles. The summed E-state index contributed by atoms with van der Waals surface area (Å²) in [5, 5.41) is 5.35. The molecule has 1 fully saturated rings. The number of rotatable bonds is 6. The summed E-state index contributed by atoms with van der Waals surface area (Å²) in [5.41, 5.74) is 6.31. The number of nitrogens with zero attached hydrogens (tertiary/aromatic N) is 1. The van der Waals surface area contributed by atoms with Gasteiger partial charge in [-0.1, -0.05) is 30.1 Å². The van der Waals surface area contributed by atoms with E-state index in [1.165, 1.54) is 24.4 Å². The maximum absolute atomic E-state index is 14.8. The van der Waals surface area contributed by atoms with Crippen LogP contribution < -0.4 is 16.4 Å². The van der Waals surface area contributed by atoms with E-state index >= 15 is 0 Å². The van der Waals surface area contributed by atoms with Gasteiger partial charge in [0.15, 0.2) is 0 Å². The Morgan fingerprint density at radius 1 is 1.06 bits per heavy atom. The third-order valence-electron chi connectivity index (χ3n) is 5.70. The quantitative estimate of drug-likeness (QED) is 0.375. The lowest BCUT2D eigenvalue weighted by Crippen LogP contribution is -2.30. The molecule has 6 nitrogen and oxygen atoms in total. The number of carbonyl (C=O) groups is 2. The van der Waals surface area contributed by atoms with Gasteiger partial charge in [-0.2, -0.15) is 0 Å². The topological polar surface area (TPSA) is 97.1 Å². The highest BCUT2D eigenvalue weighted by molar-refractivity contribution is 6.35. The Bertz CT molecular complexity index is 1310. The third-order valence-corrected chi connectivity index (χ3v) is 6.30. The normalized spacial score (nSPS) is 13.9. The second-order valence-electron chi connectivity index (χ2n) is 8.55. The molecule has 0 spiro atoms. The highest BCUT2D eigenvalue weighted by Crippen LogP contribution is 2.44. The first-order chi connectivity index (χ1) is 16.1. The van der Waals surface area contributed by atoms with Crippen LogP contribution in [0.5, 0.6) is 0 Å². The Morgan fingerprint density at radius 3 is 2.44 bits per heavy atom. The smallest absolute Gasteiger partial charge is 0.271 e. The molecule has 0 unspecified atom stereocenters. The van der Waals surface area contributed by atoms with Gasteiger partial charge in [0, 0.05) is 23.4 Å². The summed E-state index contributed by atoms with van der Waals surface area (Å²) in [7, 11) is 0. The zero-order chi connectivity index (χ0) is 24.6. The summed E-state index contributed by atoms with van der Waals surface area (Å²) >= 11 is 12.4. The van der Waals surface area contributed by atoms with E-state index in [4.69, 9.17) is 28.9 Å². The van der Waals surface area contributed by atoms with Crippen LogP contribution in [0.4, 0.5) is 20.2 Å². The van der Waals surface area contributed by atoms with Crippen molar-refractivity contribution >= 4 is 46.4 Å². The summed E-state index contributed by atoms with van der Waals surface area (Å²) in [6.07, 6.45) is 3.39. The highest BCUT2D eigenvalue weighted by Gasteiger charge is 2.37. The fraction of sp³-hybridized carbons (Fsp3) is 0.208. The van der Waals surface area contributed by atoms with Gasteiger partial charge in [0.2, 0.25) is 0 Å². The average molecular weight is 505 g/mol. The van der Waals surface area contributed by atoms with E-state index in [2.05, 4.69) is 22.5 Å². The van der Waals surface area contributed by atoms with Gasteiger partial charge in [-0.3, -0.25) is 9.59 Å². The number of amides is 2. The van der Waals surface area contributed by atoms with Crippen molar-refractivity contribution in [2.24, 2.45) is 5.41 Å².